The number of H-pyrrole nitrogens is 1. The van der Waals surface area contributed by atoms with Crippen LogP contribution in [-0.4, -0.2) is 36.0 Å². The summed E-state index contributed by atoms with van der Waals surface area (Å²) in [6.07, 6.45) is 5.79. The molecule has 0 spiro atoms. The van der Waals surface area contributed by atoms with E-state index in [4.69, 9.17) is 4.74 Å². The van der Waals surface area contributed by atoms with Crippen molar-refractivity contribution in [2.75, 3.05) is 0 Å². The van der Waals surface area contributed by atoms with Gasteiger partial charge in [-0.05, 0) is 47.9 Å². The number of ketones is 1. The van der Waals surface area contributed by atoms with Crippen molar-refractivity contribution in [3.05, 3.63) is 82.9 Å². The van der Waals surface area contributed by atoms with Gasteiger partial charge < -0.3 is 9.72 Å². The van der Waals surface area contributed by atoms with Gasteiger partial charge in [0.2, 0.25) is 5.16 Å². The second-order valence-corrected chi connectivity index (χ2v) is 9.10. The van der Waals surface area contributed by atoms with Gasteiger partial charge >= 0.3 is 0 Å². The third kappa shape index (κ3) is 4.04. The topological polar surface area (TPSA) is 98.6 Å². The van der Waals surface area contributed by atoms with Crippen LogP contribution in [0.4, 0.5) is 0 Å². The van der Waals surface area contributed by atoms with Crippen LogP contribution < -0.4 is 4.74 Å². The number of carbonyl (C=O) groups excluding carboxylic acids is 1. The molecule has 0 saturated heterocycles. The Labute approximate surface area is 195 Å². The first-order valence-electron chi connectivity index (χ1n) is 10.8. The largest absolute Gasteiger partial charge is 0.475 e. The number of Topliss-reactive ketones (excluding diaryl/α,β-unsaturated/α-hetero) is 1. The minimum absolute atomic E-state index is 0.186. The molecular formula is C24H24N6O2S. The van der Waals surface area contributed by atoms with E-state index in [2.05, 4.69) is 25.5 Å². The predicted molar refractivity (Wildman–Crippen MR) is 124 cm³/mol. The number of aryl methyl sites for hydroxylation is 1. The molecule has 9 heteroatoms. The lowest BCUT2D eigenvalue weighted by molar-refractivity contribution is 0.0971. The SMILES string of the molecule is Cn1nnnc1SCc1c(O[C@@](C)(c2ccccc2)c2ncc[nH]2)ccc2c1CCCC2=O. The van der Waals surface area contributed by atoms with Crippen LogP contribution in [0.25, 0.3) is 0 Å². The van der Waals surface area contributed by atoms with Crippen molar-refractivity contribution in [3.8, 4) is 5.75 Å². The number of aromatic amines is 1. The van der Waals surface area contributed by atoms with Crippen molar-refractivity contribution >= 4 is 17.5 Å². The molecule has 1 aliphatic carbocycles. The molecule has 0 bridgehead atoms. The number of hydrogen-bond donors (Lipinski definition) is 1. The van der Waals surface area contributed by atoms with E-state index < -0.39 is 5.60 Å². The number of nitrogens with zero attached hydrogens (tertiary/aromatic N) is 5. The van der Waals surface area contributed by atoms with Gasteiger partial charge in [0.25, 0.3) is 0 Å². The molecule has 2 aromatic heterocycles. The highest BCUT2D eigenvalue weighted by atomic mass is 32.2. The average molecular weight is 461 g/mol. The van der Waals surface area contributed by atoms with Crippen molar-refractivity contribution in [3.63, 3.8) is 0 Å². The predicted octanol–water partition coefficient (Wildman–Crippen LogP) is 4.09. The first-order valence-corrected chi connectivity index (χ1v) is 11.8. The molecule has 2 aromatic carbocycles. The van der Waals surface area contributed by atoms with Gasteiger partial charge in [-0.3, -0.25) is 4.79 Å². The minimum Gasteiger partial charge on any atom is -0.475 e. The number of ether oxygens (including phenoxy) is 1. The smallest absolute Gasteiger partial charge is 0.209 e. The lowest BCUT2D eigenvalue weighted by Gasteiger charge is -2.32. The number of aromatic nitrogens is 6. The van der Waals surface area contributed by atoms with E-state index in [0.717, 1.165) is 40.8 Å². The highest BCUT2D eigenvalue weighted by Gasteiger charge is 2.35. The third-order valence-electron chi connectivity index (χ3n) is 6.03. The summed E-state index contributed by atoms with van der Waals surface area (Å²) in [6.45, 7) is 2.01. The van der Waals surface area contributed by atoms with E-state index in [1.807, 2.05) is 56.4 Å². The molecule has 8 nitrogen and oxygen atoms in total. The van der Waals surface area contributed by atoms with Crippen LogP contribution in [0.5, 0.6) is 5.75 Å². The molecule has 1 N–H and O–H groups in total. The molecule has 0 amide bonds. The fraction of sp³-hybridized carbons (Fsp3) is 0.292. The molecule has 5 rings (SSSR count). The molecule has 1 aliphatic rings. The van der Waals surface area contributed by atoms with E-state index in [0.29, 0.717) is 23.2 Å². The lowest BCUT2D eigenvalue weighted by Crippen LogP contribution is -2.33. The first-order chi connectivity index (χ1) is 16.1. The van der Waals surface area contributed by atoms with Gasteiger partial charge in [0.05, 0.1) is 0 Å². The quantitative estimate of drug-likeness (QED) is 0.415. The van der Waals surface area contributed by atoms with Crippen LogP contribution in [0.2, 0.25) is 0 Å². The van der Waals surface area contributed by atoms with Gasteiger partial charge in [0.1, 0.15) is 5.75 Å². The van der Waals surface area contributed by atoms with Gasteiger partial charge in [-0.1, -0.05) is 42.1 Å². The zero-order valence-corrected chi connectivity index (χ0v) is 19.3. The second kappa shape index (κ2) is 8.82. The Morgan fingerprint density at radius 1 is 1.18 bits per heavy atom. The molecule has 0 saturated carbocycles. The molecule has 4 aromatic rings. The maximum Gasteiger partial charge on any atom is 0.209 e. The van der Waals surface area contributed by atoms with Crippen molar-refractivity contribution in [1.29, 1.82) is 0 Å². The highest BCUT2D eigenvalue weighted by molar-refractivity contribution is 7.98. The fourth-order valence-corrected chi connectivity index (χ4v) is 5.17. The van der Waals surface area contributed by atoms with Crippen LogP contribution >= 0.6 is 11.8 Å². The Bertz CT molecular complexity index is 1270. The Kier molecular flexibility index (Phi) is 5.72. The number of benzene rings is 2. The van der Waals surface area contributed by atoms with E-state index in [-0.39, 0.29) is 5.78 Å². The number of hydrogen-bond acceptors (Lipinski definition) is 7. The van der Waals surface area contributed by atoms with E-state index in [1.54, 1.807) is 17.1 Å². The molecule has 0 unspecified atom stereocenters. The van der Waals surface area contributed by atoms with Gasteiger partial charge in [0, 0.05) is 48.3 Å². The number of imidazole rings is 1. The van der Waals surface area contributed by atoms with Crippen molar-refractivity contribution in [2.24, 2.45) is 7.05 Å². The van der Waals surface area contributed by atoms with Gasteiger partial charge in [0.15, 0.2) is 17.2 Å². The Hall–Kier alpha value is -3.46. The van der Waals surface area contributed by atoms with Crippen LogP contribution in [0.3, 0.4) is 0 Å². The molecule has 2 heterocycles. The second-order valence-electron chi connectivity index (χ2n) is 8.16. The monoisotopic (exact) mass is 460 g/mol. The normalized spacial score (nSPS) is 15.2. The number of tetrazole rings is 1. The molecule has 168 valence electrons. The summed E-state index contributed by atoms with van der Waals surface area (Å²) in [4.78, 5) is 20.4. The number of thioether (sulfide) groups is 1. The summed E-state index contributed by atoms with van der Waals surface area (Å²) < 4.78 is 8.43. The van der Waals surface area contributed by atoms with Crippen LogP contribution in [0, 0.1) is 0 Å². The molecule has 0 aliphatic heterocycles. The van der Waals surface area contributed by atoms with Crippen molar-refractivity contribution in [1.82, 2.24) is 30.2 Å². The first kappa shape index (κ1) is 21.4. The molecule has 0 fully saturated rings. The molecule has 1 atom stereocenters. The number of fused-ring (bicyclic) bond motifs is 1. The van der Waals surface area contributed by atoms with Gasteiger partial charge in [-0.15, -0.1) is 5.10 Å². The maximum atomic E-state index is 12.6. The fourth-order valence-electron chi connectivity index (χ4n) is 4.26. The van der Waals surface area contributed by atoms with E-state index in [9.17, 15) is 4.79 Å². The summed E-state index contributed by atoms with van der Waals surface area (Å²) >= 11 is 1.53. The molecule has 33 heavy (non-hydrogen) atoms. The lowest BCUT2D eigenvalue weighted by atomic mass is 9.87. The summed E-state index contributed by atoms with van der Waals surface area (Å²) in [5, 5.41) is 12.5. The van der Waals surface area contributed by atoms with Crippen molar-refractivity contribution < 1.29 is 9.53 Å². The summed E-state index contributed by atoms with van der Waals surface area (Å²) in [6, 6.07) is 13.8. The van der Waals surface area contributed by atoms with E-state index >= 15 is 0 Å². The summed E-state index contributed by atoms with van der Waals surface area (Å²) in [5.41, 5.74) is 2.98. The zero-order valence-electron chi connectivity index (χ0n) is 18.5. The van der Waals surface area contributed by atoms with Gasteiger partial charge in [-0.25, -0.2) is 9.67 Å². The maximum absolute atomic E-state index is 12.6. The Morgan fingerprint density at radius 3 is 2.76 bits per heavy atom. The third-order valence-corrected chi connectivity index (χ3v) is 7.07. The Morgan fingerprint density at radius 2 is 2.03 bits per heavy atom. The van der Waals surface area contributed by atoms with Crippen LogP contribution in [0.1, 0.15) is 52.6 Å². The molecule has 0 radical (unpaired) electrons. The molecular weight excluding hydrogens is 436 g/mol. The summed E-state index contributed by atoms with van der Waals surface area (Å²) in [5.74, 6) is 2.21. The average Bonchev–Trinajstić information content (AvgIpc) is 3.51. The number of carbonyl (C=O) groups is 1. The standard InChI is InChI=1S/C24H24N6O2S/c1-24(22-25-13-14-26-22,16-7-4-3-5-8-16)32-21-12-11-18-17(9-6-10-20(18)31)19(21)15-33-23-27-28-29-30(23)2/h3-5,7-8,11-14H,6,9-10,15H2,1-2H3,(H,25,26)/t24-/m0/s1. The van der Waals surface area contributed by atoms with E-state index in [1.165, 1.54) is 11.8 Å². The summed E-state index contributed by atoms with van der Waals surface area (Å²) in [7, 11) is 1.81. The van der Waals surface area contributed by atoms with Crippen LogP contribution in [0.15, 0.2) is 60.0 Å². The minimum atomic E-state index is -0.844. The van der Waals surface area contributed by atoms with Gasteiger partial charge in [-0.2, -0.15) is 0 Å². The Balaban J connectivity index is 1.59. The highest BCUT2D eigenvalue weighted by Crippen LogP contribution is 2.40. The van der Waals surface area contributed by atoms with Crippen LogP contribution in [-0.2, 0) is 24.8 Å². The number of rotatable bonds is 7. The zero-order chi connectivity index (χ0) is 22.8. The van der Waals surface area contributed by atoms with Crippen molar-refractivity contribution in [2.45, 2.75) is 42.7 Å². The number of nitrogens with one attached hydrogen (secondary N) is 1.